The zero-order valence-electron chi connectivity index (χ0n) is 13.4. The van der Waals surface area contributed by atoms with Gasteiger partial charge in [0.25, 0.3) is 0 Å². The molecule has 2 aromatic rings. The molecule has 2 N–H and O–H groups in total. The van der Waals surface area contributed by atoms with Crippen molar-refractivity contribution < 1.29 is 23.4 Å². The first-order chi connectivity index (χ1) is 11.4. The molecular weight excluding hydrogens is 316 g/mol. The van der Waals surface area contributed by atoms with E-state index in [2.05, 4.69) is 5.32 Å². The van der Waals surface area contributed by atoms with Crippen LogP contribution in [0.1, 0.15) is 25.5 Å². The third kappa shape index (κ3) is 4.76. The first-order valence-corrected chi connectivity index (χ1v) is 7.53. The fourth-order valence-electron chi connectivity index (χ4n) is 1.91. The Bertz CT molecular complexity index is 702. The van der Waals surface area contributed by atoms with E-state index in [1.165, 1.54) is 6.07 Å². The summed E-state index contributed by atoms with van der Waals surface area (Å²) < 4.78 is 31.4. The van der Waals surface area contributed by atoms with Gasteiger partial charge < -0.3 is 15.2 Å². The molecular formula is C18H19F2NO3. The SMILES string of the molecule is CC(C)C(=O)Nc1ccc(OCC(O)c2ccc(F)c(F)c2)cc1. The van der Waals surface area contributed by atoms with E-state index >= 15 is 0 Å². The lowest BCUT2D eigenvalue weighted by Crippen LogP contribution is -2.17. The summed E-state index contributed by atoms with van der Waals surface area (Å²) in [6, 6.07) is 9.85. The number of aliphatic hydroxyl groups is 1. The normalized spacial score (nSPS) is 12.1. The van der Waals surface area contributed by atoms with E-state index in [-0.39, 0.29) is 24.0 Å². The number of carbonyl (C=O) groups is 1. The molecule has 24 heavy (non-hydrogen) atoms. The average Bonchev–Trinajstić information content (AvgIpc) is 2.56. The predicted octanol–water partition coefficient (Wildman–Crippen LogP) is 3.67. The second-order valence-electron chi connectivity index (χ2n) is 5.67. The van der Waals surface area contributed by atoms with Gasteiger partial charge in [-0.3, -0.25) is 4.79 Å². The van der Waals surface area contributed by atoms with Crippen LogP contribution in [0, 0.1) is 17.6 Å². The summed E-state index contributed by atoms with van der Waals surface area (Å²) >= 11 is 0. The van der Waals surface area contributed by atoms with Gasteiger partial charge in [-0.25, -0.2) is 8.78 Å². The maximum absolute atomic E-state index is 13.1. The number of hydrogen-bond acceptors (Lipinski definition) is 3. The summed E-state index contributed by atoms with van der Waals surface area (Å²) in [4.78, 5) is 11.6. The number of halogens is 2. The van der Waals surface area contributed by atoms with Crippen LogP contribution in [0.5, 0.6) is 5.75 Å². The van der Waals surface area contributed by atoms with Crippen LogP contribution in [0.3, 0.4) is 0 Å². The maximum Gasteiger partial charge on any atom is 0.226 e. The fraction of sp³-hybridized carbons (Fsp3) is 0.278. The van der Waals surface area contributed by atoms with Crippen LogP contribution in [-0.4, -0.2) is 17.6 Å². The fourth-order valence-corrected chi connectivity index (χ4v) is 1.91. The molecule has 0 heterocycles. The van der Waals surface area contributed by atoms with Crippen molar-refractivity contribution in [3.63, 3.8) is 0 Å². The number of carbonyl (C=O) groups excluding carboxylic acids is 1. The molecule has 1 amide bonds. The van der Waals surface area contributed by atoms with Crippen LogP contribution in [0.25, 0.3) is 0 Å². The van der Waals surface area contributed by atoms with Crippen LogP contribution >= 0.6 is 0 Å². The highest BCUT2D eigenvalue weighted by Crippen LogP contribution is 2.20. The van der Waals surface area contributed by atoms with Gasteiger partial charge in [0.15, 0.2) is 11.6 Å². The highest BCUT2D eigenvalue weighted by atomic mass is 19.2. The van der Waals surface area contributed by atoms with Crippen molar-refractivity contribution in [1.29, 1.82) is 0 Å². The highest BCUT2D eigenvalue weighted by Gasteiger charge is 2.12. The van der Waals surface area contributed by atoms with E-state index in [4.69, 9.17) is 4.74 Å². The zero-order valence-corrected chi connectivity index (χ0v) is 13.4. The molecule has 2 aromatic carbocycles. The van der Waals surface area contributed by atoms with Gasteiger partial charge >= 0.3 is 0 Å². The minimum atomic E-state index is -1.08. The van der Waals surface area contributed by atoms with Gasteiger partial charge in [-0.15, -0.1) is 0 Å². The summed E-state index contributed by atoms with van der Waals surface area (Å²) in [6.45, 7) is 3.49. The smallest absolute Gasteiger partial charge is 0.226 e. The predicted molar refractivity (Wildman–Crippen MR) is 86.7 cm³/mol. The van der Waals surface area contributed by atoms with Crippen molar-refractivity contribution in [3.05, 3.63) is 59.7 Å². The van der Waals surface area contributed by atoms with Crippen molar-refractivity contribution in [3.8, 4) is 5.75 Å². The van der Waals surface area contributed by atoms with E-state index in [0.29, 0.717) is 11.4 Å². The molecule has 0 aliphatic rings. The largest absolute Gasteiger partial charge is 0.491 e. The number of rotatable bonds is 6. The van der Waals surface area contributed by atoms with Gasteiger partial charge in [0.1, 0.15) is 18.5 Å². The van der Waals surface area contributed by atoms with E-state index in [0.717, 1.165) is 12.1 Å². The molecule has 0 aliphatic heterocycles. The standard InChI is InChI=1S/C18H19F2NO3/c1-11(2)18(23)21-13-4-6-14(7-5-13)24-10-17(22)12-3-8-15(19)16(20)9-12/h3-9,11,17,22H,10H2,1-2H3,(H,21,23). The highest BCUT2D eigenvalue weighted by molar-refractivity contribution is 5.92. The molecule has 0 bridgehead atoms. The van der Waals surface area contributed by atoms with Crippen molar-refractivity contribution in [2.24, 2.45) is 5.92 Å². The molecule has 128 valence electrons. The minimum absolute atomic E-state index is 0.0857. The average molecular weight is 335 g/mol. The Morgan fingerprint density at radius 1 is 1.12 bits per heavy atom. The lowest BCUT2D eigenvalue weighted by molar-refractivity contribution is -0.118. The third-order valence-corrected chi connectivity index (χ3v) is 3.38. The molecule has 1 unspecified atom stereocenters. The Kier molecular flexibility index (Phi) is 5.87. The van der Waals surface area contributed by atoms with Crippen molar-refractivity contribution in [1.82, 2.24) is 0 Å². The van der Waals surface area contributed by atoms with E-state index in [1.807, 2.05) is 0 Å². The van der Waals surface area contributed by atoms with Gasteiger partial charge in [0.2, 0.25) is 5.91 Å². The second-order valence-corrected chi connectivity index (χ2v) is 5.67. The molecule has 2 rings (SSSR count). The summed E-state index contributed by atoms with van der Waals surface area (Å²) in [5.74, 6) is -1.70. The Hall–Kier alpha value is -2.47. The molecule has 0 aromatic heterocycles. The lowest BCUT2D eigenvalue weighted by Gasteiger charge is -2.13. The molecule has 0 saturated carbocycles. The van der Waals surface area contributed by atoms with Crippen LogP contribution < -0.4 is 10.1 Å². The Morgan fingerprint density at radius 3 is 2.38 bits per heavy atom. The third-order valence-electron chi connectivity index (χ3n) is 3.38. The Balaban J connectivity index is 1.91. The molecule has 0 fully saturated rings. The van der Waals surface area contributed by atoms with E-state index in [1.54, 1.807) is 38.1 Å². The van der Waals surface area contributed by atoms with Crippen LogP contribution in [0.2, 0.25) is 0 Å². The van der Waals surface area contributed by atoms with Gasteiger partial charge in [0.05, 0.1) is 0 Å². The van der Waals surface area contributed by atoms with Crippen molar-refractivity contribution >= 4 is 11.6 Å². The monoisotopic (exact) mass is 335 g/mol. The lowest BCUT2D eigenvalue weighted by atomic mass is 10.1. The Labute approximate surface area is 139 Å². The Morgan fingerprint density at radius 2 is 1.79 bits per heavy atom. The quantitative estimate of drug-likeness (QED) is 0.847. The number of aliphatic hydroxyl groups excluding tert-OH is 1. The van der Waals surface area contributed by atoms with E-state index in [9.17, 15) is 18.7 Å². The van der Waals surface area contributed by atoms with Crippen LogP contribution in [0.4, 0.5) is 14.5 Å². The zero-order chi connectivity index (χ0) is 17.7. The summed E-state index contributed by atoms with van der Waals surface area (Å²) in [5, 5.41) is 12.7. The molecule has 6 heteroatoms. The number of anilines is 1. The molecule has 0 saturated heterocycles. The molecule has 0 radical (unpaired) electrons. The number of nitrogens with one attached hydrogen (secondary N) is 1. The molecule has 0 aliphatic carbocycles. The van der Waals surface area contributed by atoms with Gasteiger partial charge in [0, 0.05) is 11.6 Å². The number of amides is 1. The molecule has 4 nitrogen and oxygen atoms in total. The summed E-state index contributed by atoms with van der Waals surface area (Å²) in [5.41, 5.74) is 0.872. The van der Waals surface area contributed by atoms with Crippen molar-refractivity contribution in [2.45, 2.75) is 20.0 Å². The first kappa shape index (κ1) is 17.9. The maximum atomic E-state index is 13.1. The first-order valence-electron chi connectivity index (χ1n) is 7.53. The topological polar surface area (TPSA) is 58.6 Å². The van der Waals surface area contributed by atoms with Crippen LogP contribution in [0.15, 0.2) is 42.5 Å². The minimum Gasteiger partial charge on any atom is -0.491 e. The molecule has 1 atom stereocenters. The van der Waals surface area contributed by atoms with Crippen LogP contribution in [-0.2, 0) is 4.79 Å². The van der Waals surface area contributed by atoms with E-state index < -0.39 is 17.7 Å². The molecule has 0 spiro atoms. The number of ether oxygens (including phenoxy) is 1. The van der Waals surface area contributed by atoms with Gasteiger partial charge in [-0.1, -0.05) is 19.9 Å². The second kappa shape index (κ2) is 7.88. The van der Waals surface area contributed by atoms with Gasteiger partial charge in [-0.2, -0.15) is 0 Å². The van der Waals surface area contributed by atoms with Gasteiger partial charge in [-0.05, 0) is 42.0 Å². The summed E-state index contributed by atoms with van der Waals surface area (Å²) in [6.07, 6.45) is -1.08. The van der Waals surface area contributed by atoms with Crippen molar-refractivity contribution in [2.75, 3.05) is 11.9 Å². The number of hydrogen-bond donors (Lipinski definition) is 2. The summed E-state index contributed by atoms with van der Waals surface area (Å²) in [7, 11) is 0. The number of benzene rings is 2.